The van der Waals surface area contributed by atoms with Gasteiger partial charge < -0.3 is 9.47 Å². The standard InChI is InChI=1S/C16H14O2/c1-12-14(13-6-3-2-4-7-13)8-5-9-15(12)16-17-10-11-18-16/h2-11,16H,1H3. The molecule has 0 atom stereocenters. The van der Waals surface area contributed by atoms with Gasteiger partial charge in [0.25, 0.3) is 6.29 Å². The van der Waals surface area contributed by atoms with Gasteiger partial charge >= 0.3 is 0 Å². The summed E-state index contributed by atoms with van der Waals surface area (Å²) in [6.07, 6.45) is 2.85. The quantitative estimate of drug-likeness (QED) is 0.781. The molecule has 0 aliphatic carbocycles. The molecule has 1 aliphatic rings. The minimum absolute atomic E-state index is 0.311. The largest absolute Gasteiger partial charge is 0.455 e. The molecule has 90 valence electrons. The first kappa shape index (κ1) is 10.9. The van der Waals surface area contributed by atoms with E-state index in [4.69, 9.17) is 9.47 Å². The van der Waals surface area contributed by atoms with Crippen LogP contribution in [-0.2, 0) is 9.47 Å². The highest BCUT2D eigenvalue weighted by atomic mass is 16.7. The summed E-state index contributed by atoms with van der Waals surface area (Å²) >= 11 is 0. The maximum Gasteiger partial charge on any atom is 0.266 e. The maximum atomic E-state index is 5.41. The number of benzene rings is 2. The molecule has 1 heterocycles. The Labute approximate surface area is 106 Å². The van der Waals surface area contributed by atoms with Crippen LogP contribution < -0.4 is 0 Å². The van der Waals surface area contributed by atoms with E-state index in [1.54, 1.807) is 12.5 Å². The van der Waals surface area contributed by atoms with Crippen molar-refractivity contribution < 1.29 is 9.47 Å². The average molecular weight is 238 g/mol. The monoisotopic (exact) mass is 238 g/mol. The van der Waals surface area contributed by atoms with E-state index in [1.165, 1.54) is 16.7 Å². The molecule has 0 radical (unpaired) electrons. The van der Waals surface area contributed by atoms with Crippen molar-refractivity contribution >= 4 is 0 Å². The highest BCUT2D eigenvalue weighted by molar-refractivity contribution is 5.68. The average Bonchev–Trinajstić information content (AvgIpc) is 2.94. The van der Waals surface area contributed by atoms with E-state index in [0.29, 0.717) is 0 Å². The number of rotatable bonds is 2. The van der Waals surface area contributed by atoms with Crippen LogP contribution in [-0.4, -0.2) is 0 Å². The van der Waals surface area contributed by atoms with Crippen LogP contribution in [0, 0.1) is 6.92 Å². The van der Waals surface area contributed by atoms with Gasteiger partial charge in [0.2, 0.25) is 0 Å². The van der Waals surface area contributed by atoms with Crippen molar-refractivity contribution in [2.75, 3.05) is 0 Å². The lowest BCUT2D eigenvalue weighted by Crippen LogP contribution is -2.01. The maximum absolute atomic E-state index is 5.41. The Bertz CT molecular complexity index is 565. The molecule has 0 aromatic heterocycles. The molecule has 18 heavy (non-hydrogen) atoms. The van der Waals surface area contributed by atoms with E-state index in [2.05, 4.69) is 25.1 Å². The Kier molecular flexibility index (Phi) is 2.77. The van der Waals surface area contributed by atoms with Gasteiger partial charge in [-0.05, 0) is 23.6 Å². The van der Waals surface area contributed by atoms with Crippen molar-refractivity contribution in [2.24, 2.45) is 0 Å². The van der Waals surface area contributed by atoms with Crippen molar-refractivity contribution in [3.63, 3.8) is 0 Å². The third-order valence-electron chi connectivity index (χ3n) is 3.17. The first-order valence-corrected chi connectivity index (χ1v) is 5.97. The predicted molar refractivity (Wildman–Crippen MR) is 70.7 cm³/mol. The van der Waals surface area contributed by atoms with E-state index < -0.39 is 0 Å². The minimum atomic E-state index is -0.311. The summed E-state index contributed by atoms with van der Waals surface area (Å²) in [7, 11) is 0. The molecular weight excluding hydrogens is 224 g/mol. The fourth-order valence-electron chi connectivity index (χ4n) is 2.22. The van der Waals surface area contributed by atoms with Gasteiger partial charge in [-0.25, -0.2) is 0 Å². The second-order valence-electron chi connectivity index (χ2n) is 4.26. The van der Waals surface area contributed by atoms with Crippen LogP contribution in [0.1, 0.15) is 17.4 Å². The summed E-state index contributed by atoms with van der Waals surface area (Å²) in [6.45, 7) is 2.10. The number of hydrogen-bond donors (Lipinski definition) is 0. The summed E-state index contributed by atoms with van der Waals surface area (Å²) < 4.78 is 10.8. The topological polar surface area (TPSA) is 18.5 Å². The first-order valence-electron chi connectivity index (χ1n) is 5.97. The lowest BCUT2D eigenvalue weighted by Gasteiger charge is -2.16. The lowest BCUT2D eigenvalue weighted by atomic mass is 9.96. The van der Waals surface area contributed by atoms with Gasteiger partial charge in [0, 0.05) is 5.56 Å². The molecule has 0 N–H and O–H groups in total. The van der Waals surface area contributed by atoms with Gasteiger partial charge in [0.05, 0.1) is 0 Å². The van der Waals surface area contributed by atoms with Crippen molar-refractivity contribution in [3.8, 4) is 11.1 Å². The molecule has 1 aliphatic heterocycles. The summed E-state index contributed by atoms with van der Waals surface area (Å²) in [5.74, 6) is 0. The van der Waals surface area contributed by atoms with Crippen LogP contribution in [0.4, 0.5) is 0 Å². The third kappa shape index (κ3) is 1.86. The summed E-state index contributed by atoms with van der Waals surface area (Å²) in [5, 5.41) is 0. The minimum Gasteiger partial charge on any atom is -0.455 e. The van der Waals surface area contributed by atoms with Crippen LogP contribution in [0.15, 0.2) is 61.1 Å². The van der Waals surface area contributed by atoms with Crippen LogP contribution in [0.5, 0.6) is 0 Å². The van der Waals surface area contributed by atoms with E-state index in [1.807, 2.05) is 30.3 Å². The molecule has 0 spiro atoms. The summed E-state index contributed by atoms with van der Waals surface area (Å²) in [6, 6.07) is 16.5. The van der Waals surface area contributed by atoms with Crippen molar-refractivity contribution in [1.29, 1.82) is 0 Å². The molecule has 3 rings (SSSR count). The predicted octanol–water partition coefficient (Wildman–Crippen LogP) is 4.18. The van der Waals surface area contributed by atoms with Crippen LogP contribution in [0.25, 0.3) is 11.1 Å². The first-order chi connectivity index (χ1) is 8.86. The summed E-state index contributed by atoms with van der Waals surface area (Å²) in [5.41, 5.74) is 4.69. The van der Waals surface area contributed by atoms with E-state index in [-0.39, 0.29) is 6.29 Å². The Morgan fingerprint density at radius 3 is 2.28 bits per heavy atom. The molecule has 0 saturated carbocycles. The lowest BCUT2D eigenvalue weighted by molar-refractivity contribution is -0.0250. The molecule has 0 saturated heterocycles. The zero-order chi connectivity index (χ0) is 12.4. The van der Waals surface area contributed by atoms with Crippen LogP contribution >= 0.6 is 0 Å². The molecule has 0 fully saturated rings. The highest BCUT2D eigenvalue weighted by Gasteiger charge is 2.19. The molecule has 0 amide bonds. The molecule has 2 nitrogen and oxygen atoms in total. The Morgan fingerprint density at radius 2 is 1.56 bits per heavy atom. The number of ether oxygens (including phenoxy) is 2. The summed E-state index contributed by atoms with van der Waals surface area (Å²) in [4.78, 5) is 0. The Hall–Kier alpha value is -2.22. The van der Waals surface area contributed by atoms with Gasteiger partial charge in [-0.2, -0.15) is 0 Å². The highest BCUT2D eigenvalue weighted by Crippen LogP contribution is 2.32. The molecule has 2 aromatic carbocycles. The molecule has 0 unspecified atom stereocenters. The Morgan fingerprint density at radius 1 is 0.833 bits per heavy atom. The SMILES string of the molecule is Cc1c(-c2ccccc2)cccc1C1OC=CO1. The molecule has 0 bridgehead atoms. The van der Waals surface area contributed by atoms with E-state index >= 15 is 0 Å². The number of hydrogen-bond acceptors (Lipinski definition) is 2. The Balaban J connectivity index is 2.04. The normalized spacial score (nSPS) is 14.3. The van der Waals surface area contributed by atoms with Gasteiger partial charge in [0.1, 0.15) is 12.5 Å². The van der Waals surface area contributed by atoms with Crippen LogP contribution in [0.2, 0.25) is 0 Å². The van der Waals surface area contributed by atoms with Crippen LogP contribution in [0.3, 0.4) is 0 Å². The second kappa shape index (κ2) is 4.57. The molecule has 2 aromatic rings. The zero-order valence-electron chi connectivity index (χ0n) is 10.2. The second-order valence-corrected chi connectivity index (χ2v) is 4.26. The van der Waals surface area contributed by atoms with Gasteiger partial charge in [0.15, 0.2) is 0 Å². The van der Waals surface area contributed by atoms with E-state index in [0.717, 1.165) is 5.56 Å². The van der Waals surface area contributed by atoms with Crippen molar-refractivity contribution in [1.82, 2.24) is 0 Å². The van der Waals surface area contributed by atoms with Gasteiger partial charge in [-0.1, -0.05) is 48.5 Å². The van der Waals surface area contributed by atoms with Gasteiger partial charge in [-0.15, -0.1) is 0 Å². The fourth-order valence-corrected chi connectivity index (χ4v) is 2.22. The zero-order valence-corrected chi connectivity index (χ0v) is 10.2. The third-order valence-corrected chi connectivity index (χ3v) is 3.17. The fraction of sp³-hybridized carbons (Fsp3) is 0.125. The molecular formula is C16H14O2. The molecule has 2 heteroatoms. The van der Waals surface area contributed by atoms with Gasteiger partial charge in [-0.3, -0.25) is 0 Å². The van der Waals surface area contributed by atoms with E-state index in [9.17, 15) is 0 Å². The smallest absolute Gasteiger partial charge is 0.266 e. The van der Waals surface area contributed by atoms with Crippen molar-refractivity contribution in [2.45, 2.75) is 13.2 Å². The van der Waals surface area contributed by atoms with Crippen molar-refractivity contribution in [3.05, 3.63) is 72.2 Å².